The van der Waals surface area contributed by atoms with Crippen LogP contribution < -0.4 is 10.9 Å². The summed E-state index contributed by atoms with van der Waals surface area (Å²) < 4.78 is 1.11. The van der Waals surface area contributed by atoms with Gasteiger partial charge in [-0.3, -0.25) is 4.79 Å². The Balaban J connectivity index is 1.73. The Morgan fingerprint density at radius 2 is 2.33 bits per heavy atom. The van der Waals surface area contributed by atoms with Gasteiger partial charge in [-0.1, -0.05) is 0 Å². The molecule has 0 saturated heterocycles. The summed E-state index contributed by atoms with van der Waals surface area (Å²) in [7, 11) is 0. The van der Waals surface area contributed by atoms with Gasteiger partial charge >= 0.3 is 0 Å². The van der Waals surface area contributed by atoms with Crippen molar-refractivity contribution in [2.24, 2.45) is 0 Å². The van der Waals surface area contributed by atoms with Crippen LogP contribution in [-0.2, 0) is 6.54 Å². The van der Waals surface area contributed by atoms with E-state index in [1.165, 1.54) is 10.9 Å². The number of aromatic amines is 1. The zero-order valence-corrected chi connectivity index (χ0v) is 12.0. The van der Waals surface area contributed by atoms with Gasteiger partial charge in [-0.25, -0.2) is 4.98 Å². The van der Waals surface area contributed by atoms with Crippen LogP contribution in [0.15, 0.2) is 26.8 Å². The molecule has 1 fully saturated rings. The summed E-state index contributed by atoms with van der Waals surface area (Å²) in [5.74, 6) is 1.93. The molecule has 2 heterocycles. The standard InChI is InChI=1S/C12H12BrN3OS/c13-9-4-3-8(18-9)6-14-10-5-11(17)16-12(15-10)7-1-2-7/h3-5,7H,1-2,6H2,(H2,14,15,16,17). The van der Waals surface area contributed by atoms with Crippen LogP contribution in [0.3, 0.4) is 0 Å². The third-order valence-electron chi connectivity index (χ3n) is 2.80. The SMILES string of the molecule is O=c1cc(NCc2ccc(Br)s2)nc(C2CC2)[nH]1. The molecule has 0 bridgehead atoms. The van der Waals surface area contributed by atoms with E-state index in [0.717, 1.165) is 22.5 Å². The second-order valence-electron chi connectivity index (χ2n) is 4.35. The molecule has 4 nitrogen and oxygen atoms in total. The summed E-state index contributed by atoms with van der Waals surface area (Å²) in [4.78, 5) is 20.0. The molecule has 0 spiro atoms. The second kappa shape index (κ2) is 4.85. The Kier molecular flexibility index (Phi) is 3.22. The van der Waals surface area contributed by atoms with E-state index in [2.05, 4.69) is 37.3 Å². The lowest BCUT2D eigenvalue weighted by Crippen LogP contribution is -2.12. The highest BCUT2D eigenvalue weighted by Crippen LogP contribution is 2.37. The van der Waals surface area contributed by atoms with E-state index in [1.807, 2.05) is 6.07 Å². The minimum absolute atomic E-state index is 0.0817. The fourth-order valence-electron chi connectivity index (χ4n) is 1.74. The molecule has 0 amide bonds. The highest BCUT2D eigenvalue weighted by molar-refractivity contribution is 9.11. The molecule has 2 aromatic rings. The third-order valence-corrected chi connectivity index (χ3v) is 4.42. The van der Waals surface area contributed by atoms with Crippen LogP contribution in [-0.4, -0.2) is 9.97 Å². The lowest BCUT2D eigenvalue weighted by molar-refractivity contribution is 0.904. The van der Waals surface area contributed by atoms with E-state index in [9.17, 15) is 4.79 Å². The van der Waals surface area contributed by atoms with Gasteiger partial charge in [0.05, 0.1) is 10.3 Å². The lowest BCUT2D eigenvalue weighted by Gasteiger charge is -2.05. The average Bonchev–Trinajstić information content (AvgIpc) is 3.10. The number of hydrogen-bond donors (Lipinski definition) is 2. The molecule has 2 N–H and O–H groups in total. The molecule has 0 aliphatic heterocycles. The molecule has 6 heteroatoms. The average molecular weight is 326 g/mol. The van der Waals surface area contributed by atoms with Crippen LogP contribution in [0.4, 0.5) is 5.82 Å². The normalized spacial score (nSPS) is 14.7. The van der Waals surface area contributed by atoms with Gasteiger partial charge < -0.3 is 10.3 Å². The second-order valence-corrected chi connectivity index (χ2v) is 6.90. The first-order chi connectivity index (χ1) is 8.70. The van der Waals surface area contributed by atoms with E-state index in [1.54, 1.807) is 11.3 Å². The molecule has 94 valence electrons. The number of rotatable bonds is 4. The Hall–Kier alpha value is -1.14. The number of halogens is 1. The molecule has 1 aliphatic rings. The number of thiophene rings is 1. The van der Waals surface area contributed by atoms with Gasteiger partial charge in [-0.05, 0) is 40.9 Å². The van der Waals surface area contributed by atoms with Crippen molar-refractivity contribution in [2.45, 2.75) is 25.3 Å². The van der Waals surface area contributed by atoms with E-state index in [4.69, 9.17) is 0 Å². The first-order valence-electron chi connectivity index (χ1n) is 5.80. The number of H-pyrrole nitrogens is 1. The topological polar surface area (TPSA) is 57.8 Å². The molecular formula is C12H12BrN3OS. The number of nitrogens with zero attached hydrogens (tertiary/aromatic N) is 1. The Bertz CT molecular complexity index is 618. The molecule has 18 heavy (non-hydrogen) atoms. The molecule has 2 aromatic heterocycles. The van der Waals surface area contributed by atoms with E-state index < -0.39 is 0 Å². The van der Waals surface area contributed by atoms with Crippen molar-refractivity contribution in [1.82, 2.24) is 9.97 Å². The fraction of sp³-hybridized carbons (Fsp3) is 0.333. The number of anilines is 1. The maximum atomic E-state index is 11.5. The summed E-state index contributed by atoms with van der Waals surface area (Å²) in [6, 6.07) is 5.58. The van der Waals surface area contributed by atoms with Gasteiger partial charge in [0.1, 0.15) is 11.6 Å². The molecule has 0 atom stereocenters. The number of nitrogens with one attached hydrogen (secondary N) is 2. The largest absolute Gasteiger partial charge is 0.365 e. The maximum absolute atomic E-state index is 11.5. The Morgan fingerprint density at radius 1 is 1.50 bits per heavy atom. The van der Waals surface area contributed by atoms with Crippen LogP contribution in [0.25, 0.3) is 0 Å². The van der Waals surface area contributed by atoms with Crippen molar-refractivity contribution in [2.75, 3.05) is 5.32 Å². The van der Waals surface area contributed by atoms with Crippen molar-refractivity contribution < 1.29 is 0 Å². The van der Waals surface area contributed by atoms with Crippen LogP contribution in [0.2, 0.25) is 0 Å². The van der Waals surface area contributed by atoms with Crippen molar-refractivity contribution in [3.8, 4) is 0 Å². The van der Waals surface area contributed by atoms with Gasteiger partial charge in [0, 0.05) is 16.9 Å². The van der Waals surface area contributed by atoms with Crippen molar-refractivity contribution in [1.29, 1.82) is 0 Å². The van der Waals surface area contributed by atoms with Gasteiger partial charge in [0.2, 0.25) is 0 Å². The Morgan fingerprint density at radius 3 is 3.00 bits per heavy atom. The predicted octanol–water partition coefficient (Wildman–Crippen LogP) is 3.08. The molecule has 0 unspecified atom stereocenters. The maximum Gasteiger partial charge on any atom is 0.252 e. The molecule has 0 radical (unpaired) electrons. The lowest BCUT2D eigenvalue weighted by atomic mass is 10.4. The minimum Gasteiger partial charge on any atom is -0.365 e. The van der Waals surface area contributed by atoms with Crippen molar-refractivity contribution in [3.63, 3.8) is 0 Å². The minimum atomic E-state index is -0.0817. The predicted molar refractivity (Wildman–Crippen MR) is 76.2 cm³/mol. The third kappa shape index (κ3) is 2.81. The molecule has 1 saturated carbocycles. The van der Waals surface area contributed by atoms with Gasteiger partial charge in [-0.15, -0.1) is 11.3 Å². The highest BCUT2D eigenvalue weighted by atomic mass is 79.9. The fourth-order valence-corrected chi connectivity index (χ4v) is 3.16. The van der Waals surface area contributed by atoms with Crippen molar-refractivity contribution >= 4 is 33.1 Å². The molecule has 0 aromatic carbocycles. The summed E-state index contributed by atoms with van der Waals surface area (Å²) >= 11 is 5.10. The quantitative estimate of drug-likeness (QED) is 0.908. The van der Waals surface area contributed by atoms with Crippen LogP contribution in [0.5, 0.6) is 0 Å². The smallest absolute Gasteiger partial charge is 0.252 e. The van der Waals surface area contributed by atoms with Crippen LogP contribution in [0, 0.1) is 0 Å². The monoisotopic (exact) mass is 325 g/mol. The Labute approximate surface area is 117 Å². The summed E-state index contributed by atoms with van der Waals surface area (Å²) in [6.45, 7) is 0.691. The highest BCUT2D eigenvalue weighted by Gasteiger charge is 2.26. The summed E-state index contributed by atoms with van der Waals surface area (Å²) in [5, 5.41) is 3.20. The molecular weight excluding hydrogens is 314 g/mol. The first kappa shape index (κ1) is 11.9. The zero-order chi connectivity index (χ0) is 12.5. The zero-order valence-electron chi connectivity index (χ0n) is 9.57. The molecule has 3 rings (SSSR count). The first-order valence-corrected chi connectivity index (χ1v) is 7.41. The van der Waals surface area contributed by atoms with Crippen LogP contribution in [0.1, 0.15) is 29.5 Å². The summed E-state index contributed by atoms with van der Waals surface area (Å²) in [6.07, 6.45) is 2.26. The van der Waals surface area contributed by atoms with E-state index in [-0.39, 0.29) is 5.56 Å². The molecule has 1 aliphatic carbocycles. The van der Waals surface area contributed by atoms with Crippen molar-refractivity contribution in [3.05, 3.63) is 43.0 Å². The van der Waals surface area contributed by atoms with Gasteiger partial charge in [0.25, 0.3) is 5.56 Å². The number of hydrogen-bond acceptors (Lipinski definition) is 4. The summed E-state index contributed by atoms with van der Waals surface area (Å²) in [5.41, 5.74) is -0.0817. The van der Waals surface area contributed by atoms with Gasteiger partial charge in [-0.2, -0.15) is 0 Å². The van der Waals surface area contributed by atoms with E-state index >= 15 is 0 Å². The van der Waals surface area contributed by atoms with E-state index in [0.29, 0.717) is 18.3 Å². The van der Waals surface area contributed by atoms with Gasteiger partial charge in [0.15, 0.2) is 0 Å². The van der Waals surface area contributed by atoms with Crippen LogP contribution >= 0.6 is 27.3 Å². The number of aromatic nitrogens is 2.